The number of hydrogen-bond acceptors (Lipinski definition) is 4. The third kappa shape index (κ3) is 2.92. The zero-order valence-corrected chi connectivity index (χ0v) is 10.4. The molecule has 0 saturated heterocycles. The lowest BCUT2D eigenvalue weighted by Gasteiger charge is -2.11. The van der Waals surface area contributed by atoms with Crippen molar-refractivity contribution in [1.82, 2.24) is 10.1 Å². The Morgan fingerprint density at radius 1 is 1.28 bits per heavy atom. The van der Waals surface area contributed by atoms with Gasteiger partial charge in [0.1, 0.15) is 5.82 Å². The van der Waals surface area contributed by atoms with E-state index >= 15 is 0 Å². The summed E-state index contributed by atoms with van der Waals surface area (Å²) in [5, 5.41) is 3.86. The standard InChI is InChI=1S/C13H16FN3O/c1-8(2)11(15)7-12-16-13(17-18-12)9-3-5-10(14)6-4-9/h3-6,8,11H,7,15H2,1-2H3. The van der Waals surface area contributed by atoms with Gasteiger partial charge in [0.15, 0.2) is 0 Å². The SMILES string of the molecule is CC(C)C(N)Cc1nc(-c2ccc(F)cc2)no1. The first kappa shape index (κ1) is 12.7. The second-order valence-corrected chi connectivity index (χ2v) is 4.63. The summed E-state index contributed by atoms with van der Waals surface area (Å²) in [5.41, 5.74) is 6.67. The van der Waals surface area contributed by atoms with Crippen LogP contribution in [0.5, 0.6) is 0 Å². The van der Waals surface area contributed by atoms with Crippen LogP contribution in [0.2, 0.25) is 0 Å². The first-order valence-corrected chi connectivity index (χ1v) is 5.90. The molecule has 96 valence electrons. The Morgan fingerprint density at radius 3 is 2.56 bits per heavy atom. The van der Waals surface area contributed by atoms with E-state index in [2.05, 4.69) is 10.1 Å². The number of nitrogens with zero attached hydrogens (tertiary/aromatic N) is 2. The van der Waals surface area contributed by atoms with Crippen LogP contribution in [0, 0.1) is 11.7 Å². The minimum Gasteiger partial charge on any atom is -0.339 e. The summed E-state index contributed by atoms with van der Waals surface area (Å²) < 4.78 is 17.9. The molecular formula is C13H16FN3O. The van der Waals surface area contributed by atoms with Crippen molar-refractivity contribution in [2.24, 2.45) is 11.7 Å². The smallest absolute Gasteiger partial charge is 0.228 e. The van der Waals surface area contributed by atoms with E-state index in [9.17, 15) is 4.39 Å². The Hall–Kier alpha value is -1.75. The molecular weight excluding hydrogens is 233 g/mol. The summed E-state index contributed by atoms with van der Waals surface area (Å²) in [6.07, 6.45) is 0.547. The minimum atomic E-state index is -0.288. The molecule has 1 heterocycles. The maximum atomic E-state index is 12.8. The van der Waals surface area contributed by atoms with E-state index in [4.69, 9.17) is 10.3 Å². The third-order valence-electron chi connectivity index (χ3n) is 2.84. The lowest BCUT2D eigenvalue weighted by Crippen LogP contribution is -2.28. The van der Waals surface area contributed by atoms with Crippen molar-refractivity contribution in [2.75, 3.05) is 0 Å². The topological polar surface area (TPSA) is 64.9 Å². The zero-order valence-electron chi connectivity index (χ0n) is 10.4. The van der Waals surface area contributed by atoms with Gasteiger partial charge in [-0.25, -0.2) is 4.39 Å². The number of benzene rings is 1. The van der Waals surface area contributed by atoms with E-state index in [1.165, 1.54) is 12.1 Å². The molecule has 0 amide bonds. The fourth-order valence-corrected chi connectivity index (χ4v) is 1.49. The Bertz CT molecular complexity index is 507. The molecule has 4 nitrogen and oxygen atoms in total. The van der Waals surface area contributed by atoms with E-state index in [1.807, 2.05) is 13.8 Å². The lowest BCUT2D eigenvalue weighted by atomic mass is 10.0. The van der Waals surface area contributed by atoms with Gasteiger partial charge < -0.3 is 10.3 Å². The van der Waals surface area contributed by atoms with E-state index < -0.39 is 0 Å². The van der Waals surface area contributed by atoms with Gasteiger partial charge >= 0.3 is 0 Å². The second kappa shape index (κ2) is 5.27. The van der Waals surface area contributed by atoms with Crippen LogP contribution in [-0.2, 0) is 6.42 Å². The Balaban J connectivity index is 2.13. The molecule has 1 aromatic heterocycles. The molecule has 1 aromatic carbocycles. The van der Waals surface area contributed by atoms with Crippen LogP contribution in [0.15, 0.2) is 28.8 Å². The van der Waals surface area contributed by atoms with Gasteiger partial charge in [-0.05, 0) is 30.2 Å². The molecule has 18 heavy (non-hydrogen) atoms. The maximum absolute atomic E-state index is 12.8. The highest BCUT2D eigenvalue weighted by Crippen LogP contribution is 2.17. The van der Waals surface area contributed by atoms with Crippen molar-refractivity contribution in [3.63, 3.8) is 0 Å². The summed E-state index contributed by atoms with van der Waals surface area (Å²) in [7, 11) is 0. The van der Waals surface area contributed by atoms with Crippen molar-refractivity contribution < 1.29 is 8.91 Å². The second-order valence-electron chi connectivity index (χ2n) is 4.63. The van der Waals surface area contributed by atoms with Crippen LogP contribution in [0.1, 0.15) is 19.7 Å². The van der Waals surface area contributed by atoms with Gasteiger partial charge in [0.05, 0.1) is 0 Å². The monoisotopic (exact) mass is 249 g/mol. The maximum Gasteiger partial charge on any atom is 0.228 e. The predicted octanol–water partition coefficient (Wildman–Crippen LogP) is 2.40. The van der Waals surface area contributed by atoms with Gasteiger partial charge in [0.25, 0.3) is 0 Å². The minimum absolute atomic E-state index is 0.00785. The molecule has 0 aliphatic heterocycles. The molecule has 0 aliphatic carbocycles. The molecule has 0 bridgehead atoms. The molecule has 0 saturated carbocycles. The number of hydrogen-bond donors (Lipinski definition) is 1. The van der Waals surface area contributed by atoms with E-state index in [-0.39, 0.29) is 11.9 Å². The average Bonchev–Trinajstić information content (AvgIpc) is 2.78. The highest BCUT2D eigenvalue weighted by Gasteiger charge is 2.14. The summed E-state index contributed by atoms with van der Waals surface area (Å²) in [4.78, 5) is 4.25. The van der Waals surface area contributed by atoms with Crippen molar-refractivity contribution in [2.45, 2.75) is 26.3 Å². The highest BCUT2D eigenvalue weighted by molar-refractivity contribution is 5.53. The Morgan fingerprint density at radius 2 is 1.94 bits per heavy atom. The van der Waals surface area contributed by atoms with Crippen LogP contribution in [-0.4, -0.2) is 16.2 Å². The van der Waals surface area contributed by atoms with Gasteiger partial charge in [0.2, 0.25) is 11.7 Å². The van der Waals surface area contributed by atoms with E-state index in [0.29, 0.717) is 24.1 Å². The van der Waals surface area contributed by atoms with E-state index in [1.54, 1.807) is 12.1 Å². The molecule has 1 atom stereocenters. The van der Waals surface area contributed by atoms with Gasteiger partial charge in [-0.1, -0.05) is 19.0 Å². The zero-order chi connectivity index (χ0) is 13.1. The predicted molar refractivity (Wildman–Crippen MR) is 66.2 cm³/mol. The number of aromatic nitrogens is 2. The fraction of sp³-hybridized carbons (Fsp3) is 0.385. The van der Waals surface area contributed by atoms with Crippen LogP contribution < -0.4 is 5.73 Å². The molecule has 0 radical (unpaired) electrons. The molecule has 2 aromatic rings. The van der Waals surface area contributed by atoms with Crippen LogP contribution in [0.3, 0.4) is 0 Å². The van der Waals surface area contributed by atoms with Crippen molar-refractivity contribution in [1.29, 1.82) is 0 Å². The van der Waals surface area contributed by atoms with Crippen molar-refractivity contribution >= 4 is 0 Å². The summed E-state index contributed by atoms with van der Waals surface area (Å²) in [5.74, 6) is 1.03. The van der Waals surface area contributed by atoms with Crippen molar-refractivity contribution in [3.05, 3.63) is 36.0 Å². The Labute approximate surface area is 105 Å². The van der Waals surface area contributed by atoms with Crippen LogP contribution in [0.4, 0.5) is 4.39 Å². The van der Waals surface area contributed by atoms with Crippen LogP contribution >= 0.6 is 0 Å². The molecule has 5 heteroatoms. The fourth-order valence-electron chi connectivity index (χ4n) is 1.49. The largest absolute Gasteiger partial charge is 0.339 e. The van der Waals surface area contributed by atoms with E-state index in [0.717, 1.165) is 5.56 Å². The van der Waals surface area contributed by atoms with Crippen molar-refractivity contribution in [3.8, 4) is 11.4 Å². The Kier molecular flexibility index (Phi) is 3.72. The average molecular weight is 249 g/mol. The lowest BCUT2D eigenvalue weighted by molar-refractivity contribution is 0.353. The molecule has 1 unspecified atom stereocenters. The third-order valence-corrected chi connectivity index (χ3v) is 2.84. The number of halogens is 1. The quantitative estimate of drug-likeness (QED) is 0.903. The molecule has 0 spiro atoms. The van der Waals surface area contributed by atoms with Crippen LogP contribution in [0.25, 0.3) is 11.4 Å². The molecule has 2 rings (SSSR count). The van der Waals surface area contributed by atoms with Gasteiger partial charge in [-0.15, -0.1) is 0 Å². The normalized spacial score (nSPS) is 12.9. The van der Waals surface area contributed by atoms with Gasteiger partial charge in [-0.2, -0.15) is 4.98 Å². The molecule has 0 fully saturated rings. The molecule has 2 N–H and O–H groups in total. The first-order valence-electron chi connectivity index (χ1n) is 5.90. The highest BCUT2D eigenvalue weighted by atomic mass is 19.1. The number of nitrogens with two attached hydrogens (primary N) is 1. The van der Waals surface area contributed by atoms with Gasteiger partial charge in [-0.3, -0.25) is 0 Å². The summed E-state index contributed by atoms with van der Waals surface area (Å²) in [6, 6.07) is 5.96. The molecule has 0 aliphatic rings. The summed E-state index contributed by atoms with van der Waals surface area (Å²) >= 11 is 0. The van der Waals surface area contributed by atoms with Gasteiger partial charge in [0, 0.05) is 18.0 Å². The number of rotatable bonds is 4. The summed E-state index contributed by atoms with van der Waals surface area (Å²) in [6.45, 7) is 4.09. The first-order chi connectivity index (χ1) is 8.56.